The van der Waals surface area contributed by atoms with E-state index in [4.69, 9.17) is 10.0 Å². The Labute approximate surface area is 89.9 Å². The van der Waals surface area contributed by atoms with E-state index in [9.17, 15) is 4.39 Å². The van der Waals surface area contributed by atoms with Crippen LogP contribution in [0.3, 0.4) is 0 Å². The Bertz CT molecular complexity index is 345. The molecule has 2 nitrogen and oxygen atoms in total. The van der Waals surface area contributed by atoms with Crippen molar-refractivity contribution < 1.29 is 14.4 Å². The first-order chi connectivity index (χ1) is 6.79. The van der Waals surface area contributed by atoms with Crippen molar-refractivity contribution in [2.24, 2.45) is 5.41 Å². The third kappa shape index (κ3) is 3.65. The normalized spacial score (nSPS) is 11.6. The number of rotatable bonds is 2. The van der Waals surface area contributed by atoms with Gasteiger partial charge in [-0.3, -0.25) is 0 Å². The molecule has 15 heavy (non-hydrogen) atoms. The van der Waals surface area contributed by atoms with Gasteiger partial charge in [-0.1, -0.05) is 32.9 Å². The molecule has 0 amide bonds. The molecule has 0 spiro atoms. The predicted octanol–water partition coefficient (Wildman–Crippen LogP) is 1.09. The Balaban J connectivity index is 2.94. The first kappa shape index (κ1) is 12.2. The maximum absolute atomic E-state index is 13.5. The van der Waals surface area contributed by atoms with Crippen LogP contribution in [-0.2, 0) is 6.42 Å². The summed E-state index contributed by atoms with van der Waals surface area (Å²) in [6, 6.07) is 4.32. The van der Waals surface area contributed by atoms with E-state index >= 15 is 0 Å². The number of halogens is 1. The van der Waals surface area contributed by atoms with Gasteiger partial charge in [0.2, 0.25) is 0 Å². The van der Waals surface area contributed by atoms with Gasteiger partial charge in [0.05, 0.1) is 0 Å². The Hall–Kier alpha value is -0.865. The van der Waals surface area contributed by atoms with Crippen molar-refractivity contribution in [2.45, 2.75) is 27.2 Å². The van der Waals surface area contributed by atoms with Gasteiger partial charge in [0.15, 0.2) is 0 Å². The molecule has 1 aromatic rings. The third-order valence-corrected chi connectivity index (χ3v) is 2.10. The van der Waals surface area contributed by atoms with Crippen LogP contribution in [0.1, 0.15) is 26.3 Å². The molecule has 1 rings (SSSR count). The second-order valence-corrected chi connectivity index (χ2v) is 4.96. The van der Waals surface area contributed by atoms with Crippen LogP contribution in [0, 0.1) is 11.2 Å². The fourth-order valence-corrected chi connectivity index (χ4v) is 1.44. The summed E-state index contributed by atoms with van der Waals surface area (Å²) in [4.78, 5) is 0. The molecule has 4 heteroatoms. The van der Waals surface area contributed by atoms with Gasteiger partial charge < -0.3 is 10.0 Å². The highest BCUT2D eigenvalue weighted by molar-refractivity contribution is 6.58. The van der Waals surface area contributed by atoms with Crippen molar-refractivity contribution in [3.05, 3.63) is 29.6 Å². The van der Waals surface area contributed by atoms with Crippen LogP contribution >= 0.6 is 0 Å². The van der Waals surface area contributed by atoms with Gasteiger partial charge in [0.1, 0.15) is 5.82 Å². The van der Waals surface area contributed by atoms with Crippen LogP contribution in [0.5, 0.6) is 0 Å². The standard InChI is InChI=1S/C11H16BFO2/c1-11(2,3)7-8-4-5-9(12(14)15)6-10(8)13/h4-6,14-15H,7H2,1-3H3. The summed E-state index contributed by atoms with van der Waals surface area (Å²) in [6.45, 7) is 6.09. The highest BCUT2D eigenvalue weighted by Crippen LogP contribution is 2.21. The van der Waals surface area contributed by atoms with Gasteiger partial charge in [-0.05, 0) is 28.9 Å². The van der Waals surface area contributed by atoms with E-state index in [1.165, 1.54) is 12.1 Å². The molecule has 0 radical (unpaired) electrons. The molecule has 82 valence electrons. The summed E-state index contributed by atoms with van der Waals surface area (Å²) in [7, 11) is -1.61. The van der Waals surface area contributed by atoms with Crippen LogP contribution in [0.4, 0.5) is 4.39 Å². The minimum Gasteiger partial charge on any atom is -0.423 e. The largest absolute Gasteiger partial charge is 0.488 e. The topological polar surface area (TPSA) is 40.5 Å². The Morgan fingerprint density at radius 3 is 2.27 bits per heavy atom. The predicted molar refractivity (Wildman–Crippen MR) is 59.4 cm³/mol. The molecule has 0 aliphatic rings. The Morgan fingerprint density at radius 2 is 1.87 bits per heavy atom. The fraction of sp³-hybridized carbons (Fsp3) is 0.455. The van der Waals surface area contributed by atoms with E-state index < -0.39 is 7.12 Å². The molecule has 0 fully saturated rings. The van der Waals surface area contributed by atoms with E-state index in [1.54, 1.807) is 6.07 Å². The maximum atomic E-state index is 13.5. The van der Waals surface area contributed by atoms with Gasteiger partial charge in [-0.25, -0.2) is 4.39 Å². The highest BCUT2D eigenvalue weighted by Gasteiger charge is 2.17. The molecule has 0 saturated heterocycles. The van der Waals surface area contributed by atoms with Gasteiger partial charge in [-0.2, -0.15) is 0 Å². The molecule has 0 heterocycles. The first-order valence-electron chi connectivity index (χ1n) is 4.94. The summed E-state index contributed by atoms with van der Waals surface area (Å²) < 4.78 is 13.5. The molecule has 0 aliphatic carbocycles. The lowest BCUT2D eigenvalue weighted by molar-refractivity contribution is 0.402. The molecule has 0 aromatic heterocycles. The smallest absolute Gasteiger partial charge is 0.423 e. The average Bonchev–Trinajstić information content (AvgIpc) is 2.05. The molecule has 0 aliphatic heterocycles. The van der Waals surface area contributed by atoms with Crippen LogP contribution in [0.2, 0.25) is 0 Å². The van der Waals surface area contributed by atoms with Crippen molar-refractivity contribution >= 4 is 12.6 Å². The van der Waals surface area contributed by atoms with E-state index in [-0.39, 0.29) is 16.7 Å². The molecule has 0 bridgehead atoms. The van der Waals surface area contributed by atoms with Crippen molar-refractivity contribution in [2.75, 3.05) is 0 Å². The summed E-state index contributed by atoms with van der Waals surface area (Å²) in [5, 5.41) is 17.7. The lowest BCUT2D eigenvalue weighted by Crippen LogP contribution is -2.30. The zero-order valence-electron chi connectivity index (χ0n) is 9.29. The molecule has 0 saturated carbocycles. The maximum Gasteiger partial charge on any atom is 0.488 e. The Kier molecular flexibility index (Phi) is 3.52. The fourth-order valence-electron chi connectivity index (χ4n) is 1.44. The van der Waals surface area contributed by atoms with E-state index in [2.05, 4.69) is 0 Å². The second kappa shape index (κ2) is 4.33. The van der Waals surface area contributed by atoms with Gasteiger partial charge >= 0.3 is 7.12 Å². The van der Waals surface area contributed by atoms with Crippen molar-refractivity contribution in [1.82, 2.24) is 0 Å². The quantitative estimate of drug-likeness (QED) is 0.717. The van der Waals surface area contributed by atoms with Crippen LogP contribution in [0.25, 0.3) is 0 Å². The van der Waals surface area contributed by atoms with Gasteiger partial charge in [0.25, 0.3) is 0 Å². The second-order valence-electron chi connectivity index (χ2n) is 4.96. The minimum atomic E-state index is -1.61. The SMILES string of the molecule is CC(C)(C)Cc1ccc(B(O)O)cc1F. The monoisotopic (exact) mass is 210 g/mol. The Morgan fingerprint density at radius 1 is 1.27 bits per heavy atom. The molecule has 2 N–H and O–H groups in total. The van der Waals surface area contributed by atoms with E-state index in [1.807, 2.05) is 20.8 Å². The van der Waals surface area contributed by atoms with E-state index in [0.29, 0.717) is 12.0 Å². The van der Waals surface area contributed by atoms with Gasteiger partial charge in [0, 0.05) is 0 Å². The van der Waals surface area contributed by atoms with Crippen molar-refractivity contribution in [1.29, 1.82) is 0 Å². The van der Waals surface area contributed by atoms with Crippen LogP contribution in [-0.4, -0.2) is 17.2 Å². The summed E-state index contributed by atoms with van der Waals surface area (Å²) in [5.74, 6) is -0.379. The number of benzene rings is 1. The molecular weight excluding hydrogens is 194 g/mol. The molecule has 0 unspecified atom stereocenters. The van der Waals surface area contributed by atoms with Crippen LogP contribution < -0.4 is 5.46 Å². The third-order valence-electron chi connectivity index (χ3n) is 2.10. The summed E-state index contributed by atoms with van der Waals surface area (Å²) in [6.07, 6.45) is 0.626. The lowest BCUT2D eigenvalue weighted by atomic mass is 9.79. The zero-order chi connectivity index (χ0) is 11.6. The van der Waals surface area contributed by atoms with Gasteiger partial charge in [-0.15, -0.1) is 0 Å². The molecule has 1 aromatic carbocycles. The zero-order valence-corrected chi connectivity index (χ0v) is 9.29. The average molecular weight is 210 g/mol. The van der Waals surface area contributed by atoms with Crippen LogP contribution in [0.15, 0.2) is 18.2 Å². The first-order valence-corrected chi connectivity index (χ1v) is 4.94. The lowest BCUT2D eigenvalue weighted by Gasteiger charge is -2.18. The highest BCUT2D eigenvalue weighted by atomic mass is 19.1. The number of hydrogen-bond acceptors (Lipinski definition) is 2. The summed E-state index contributed by atoms with van der Waals surface area (Å²) >= 11 is 0. The van der Waals surface area contributed by atoms with Crippen molar-refractivity contribution in [3.8, 4) is 0 Å². The molecular formula is C11H16BFO2. The van der Waals surface area contributed by atoms with E-state index in [0.717, 1.165) is 0 Å². The van der Waals surface area contributed by atoms with Crippen molar-refractivity contribution in [3.63, 3.8) is 0 Å². The number of hydrogen-bond donors (Lipinski definition) is 2. The summed E-state index contributed by atoms with van der Waals surface area (Å²) in [5.41, 5.74) is 0.803. The minimum absolute atomic E-state index is 0.0141. The molecule has 0 atom stereocenters.